The molecule has 0 fully saturated rings. The van der Waals surface area contributed by atoms with Crippen molar-refractivity contribution >= 4 is 28.9 Å². The Labute approximate surface area is 131 Å². The summed E-state index contributed by atoms with van der Waals surface area (Å²) in [5.41, 5.74) is 6.80. The maximum absolute atomic E-state index is 12.2. The number of rotatable bonds is 8. The highest BCUT2D eigenvalue weighted by atomic mass is 35.5. The van der Waals surface area contributed by atoms with Crippen LogP contribution in [-0.2, 0) is 4.79 Å². The van der Waals surface area contributed by atoms with E-state index in [1.54, 1.807) is 18.2 Å². The van der Waals surface area contributed by atoms with E-state index in [9.17, 15) is 4.79 Å². The number of halogens is 1. The summed E-state index contributed by atoms with van der Waals surface area (Å²) in [5.74, 6) is -0.0821. The molecule has 1 unspecified atom stereocenters. The lowest BCUT2D eigenvalue weighted by Gasteiger charge is -2.23. The summed E-state index contributed by atoms with van der Waals surface area (Å²) in [4.78, 5) is 14.2. The summed E-state index contributed by atoms with van der Waals surface area (Å²) in [6.07, 6.45) is 2.73. The molecule has 0 aliphatic heterocycles. The average molecular weight is 314 g/mol. The van der Waals surface area contributed by atoms with Crippen LogP contribution in [-0.4, -0.2) is 42.2 Å². The van der Waals surface area contributed by atoms with Gasteiger partial charge in [0, 0.05) is 12.3 Å². The molecule has 1 rings (SSSR count). The Morgan fingerprint density at radius 1 is 1.43 bits per heavy atom. The zero-order chi connectivity index (χ0) is 15.8. The van der Waals surface area contributed by atoms with E-state index in [-0.39, 0.29) is 18.6 Å². The molecule has 0 aliphatic rings. The fourth-order valence-electron chi connectivity index (χ4n) is 1.91. The Hall–Kier alpha value is -1.30. The van der Waals surface area contributed by atoms with Crippen LogP contribution in [0.25, 0.3) is 0 Å². The first-order valence-corrected chi connectivity index (χ1v) is 7.50. The van der Waals surface area contributed by atoms with Gasteiger partial charge in [-0.3, -0.25) is 9.69 Å². The molecular weight excluding hydrogens is 290 g/mol. The normalized spacial score (nSPS) is 12.4. The third kappa shape index (κ3) is 5.91. The van der Waals surface area contributed by atoms with E-state index in [2.05, 4.69) is 5.32 Å². The number of carbonyl (C=O) groups excluding carboxylic acids is 1. The van der Waals surface area contributed by atoms with Gasteiger partial charge in [0.25, 0.3) is 0 Å². The predicted octanol–water partition coefficient (Wildman–Crippen LogP) is 2.34. The van der Waals surface area contributed by atoms with Gasteiger partial charge in [-0.05, 0) is 58.0 Å². The molecule has 1 aromatic rings. The first kappa shape index (κ1) is 17.8. The zero-order valence-electron chi connectivity index (χ0n) is 12.6. The van der Waals surface area contributed by atoms with Gasteiger partial charge >= 0.3 is 0 Å². The number of anilines is 2. The Kier molecular flexibility index (Phi) is 7.50. The van der Waals surface area contributed by atoms with Gasteiger partial charge in [0.2, 0.25) is 5.91 Å². The molecule has 0 heterocycles. The number of hydrogen-bond donors (Lipinski definition) is 3. The van der Waals surface area contributed by atoms with Crippen LogP contribution in [0, 0.1) is 0 Å². The minimum absolute atomic E-state index is 0.0821. The van der Waals surface area contributed by atoms with E-state index in [0.717, 1.165) is 25.8 Å². The Balaban J connectivity index is 2.47. The number of hydrogen-bond acceptors (Lipinski definition) is 4. The molecule has 0 saturated carbocycles. The number of amides is 1. The van der Waals surface area contributed by atoms with Gasteiger partial charge in [0.1, 0.15) is 0 Å². The summed E-state index contributed by atoms with van der Waals surface area (Å²) < 4.78 is 0. The molecule has 4 N–H and O–H groups in total. The van der Waals surface area contributed by atoms with Crippen molar-refractivity contribution in [1.29, 1.82) is 0 Å². The number of nitrogens with two attached hydrogens (primary N) is 1. The van der Waals surface area contributed by atoms with Crippen molar-refractivity contribution in [2.24, 2.45) is 0 Å². The molecule has 0 aliphatic carbocycles. The number of nitrogen functional groups attached to an aromatic ring is 1. The number of aliphatic hydroxyl groups excluding tert-OH is 1. The summed E-state index contributed by atoms with van der Waals surface area (Å²) in [5, 5.41) is 12.0. The summed E-state index contributed by atoms with van der Waals surface area (Å²) in [6.45, 7) is 2.90. The largest absolute Gasteiger partial charge is 0.397 e. The molecule has 6 heteroatoms. The van der Waals surface area contributed by atoms with Crippen molar-refractivity contribution in [3.8, 4) is 0 Å². The minimum Gasteiger partial charge on any atom is -0.397 e. The van der Waals surface area contributed by atoms with Gasteiger partial charge in [0.05, 0.1) is 16.8 Å². The van der Waals surface area contributed by atoms with Crippen LogP contribution < -0.4 is 11.1 Å². The maximum atomic E-state index is 12.2. The third-order valence-corrected chi connectivity index (χ3v) is 3.82. The minimum atomic E-state index is -0.240. The summed E-state index contributed by atoms with van der Waals surface area (Å²) in [6, 6.07) is 4.80. The van der Waals surface area contributed by atoms with Crippen LogP contribution in [0.5, 0.6) is 0 Å². The molecule has 0 aromatic heterocycles. The SMILES string of the molecule is CC(C(=O)Nc1ccc(Cl)c(N)c1)N(C)CCCCCO. The van der Waals surface area contributed by atoms with Crippen molar-refractivity contribution in [3.63, 3.8) is 0 Å². The second-order valence-corrected chi connectivity index (χ2v) is 5.57. The molecule has 5 nitrogen and oxygen atoms in total. The number of carbonyl (C=O) groups is 1. The monoisotopic (exact) mass is 313 g/mol. The molecule has 118 valence electrons. The number of nitrogens with zero attached hydrogens (tertiary/aromatic N) is 1. The predicted molar refractivity (Wildman–Crippen MR) is 87.5 cm³/mol. The van der Waals surface area contributed by atoms with Gasteiger partial charge in [-0.2, -0.15) is 0 Å². The van der Waals surface area contributed by atoms with Crippen LogP contribution in [0.4, 0.5) is 11.4 Å². The standard InChI is InChI=1S/C15H24ClN3O2/c1-11(19(2)8-4-3-5-9-20)15(21)18-12-6-7-13(16)14(17)10-12/h6-7,10-11,20H,3-5,8-9,17H2,1-2H3,(H,18,21). The van der Waals surface area contributed by atoms with Crippen LogP contribution in [0.1, 0.15) is 26.2 Å². The van der Waals surface area contributed by atoms with Crippen LogP contribution in [0.15, 0.2) is 18.2 Å². The molecule has 1 amide bonds. The van der Waals surface area contributed by atoms with E-state index in [4.69, 9.17) is 22.4 Å². The molecule has 0 bridgehead atoms. The lowest BCUT2D eigenvalue weighted by molar-refractivity contribution is -0.120. The van der Waals surface area contributed by atoms with Gasteiger partial charge in [-0.15, -0.1) is 0 Å². The van der Waals surface area contributed by atoms with Crippen LogP contribution >= 0.6 is 11.6 Å². The molecule has 21 heavy (non-hydrogen) atoms. The topological polar surface area (TPSA) is 78.6 Å². The fraction of sp³-hybridized carbons (Fsp3) is 0.533. The van der Waals surface area contributed by atoms with E-state index in [1.807, 2.05) is 18.9 Å². The number of aliphatic hydroxyl groups is 1. The van der Waals surface area contributed by atoms with Crippen LogP contribution in [0.3, 0.4) is 0 Å². The summed E-state index contributed by atoms with van der Waals surface area (Å²) in [7, 11) is 1.92. The molecule has 0 spiro atoms. The van der Waals surface area contributed by atoms with E-state index in [0.29, 0.717) is 16.4 Å². The molecule has 0 saturated heterocycles. The van der Waals surface area contributed by atoms with Crippen molar-refractivity contribution in [1.82, 2.24) is 4.90 Å². The van der Waals surface area contributed by atoms with E-state index in [1.165, 1.54) is 0 Å². The molecule has 0 radical (unpaired) electrons. The Morgan fingerprint density at radius 2 is 2.14 bits per heavy atom. The highest BCUT2D eigenvalue weighted by Gasteiger charge is 2.17. The average Bonchev–Trinajstić information content (AvgIpc) is 2.46. The maximum Gasteiger partial charge on any atom is 0.241 e. The van der Waals surface area contributed by atoms with Crippen molar-refractivity contribution in [3.05, 3.63) is 23.2 Å². The van der Waals surface area contributed by atoms with Crippen LogP contribution in [0.2, 0.25) is 5.02 Å². The highest BCUT2D eigenvalue weighted by molar-refractivity contribution is 6.33. The number of benzene rings is 1. The number of likely N-dealkylation sites (N-methyl/N-ethyl adjacent to an activating group) is 1. The first-order chi connectivity index (χ1) is 9.95. The zero-order valence-corrected chi connectivity index (χ0v) is 13.4. The molecular formula is C15H24ClN3O2. The highest BCUT2D eigenvalue weighted by Crippen LogP contribution is 2.22. The third-order valence-electron chi connectivity index (χ3n) is 3.47. The van der Waals surface area contributed by atoms with Gasteiger partial charge in [-0.25, -0.2) is 0 Å². The number of unbranched alkanes of at least 4 members (excludes halogenated alkanes) is 2. The van der Waals surface area contributed by atoms with Gasteiger partial charge in [0.15, 0.2) is 0 Å². The van der Waals surface area contributed by atoms with E-state index < -0.39 is 0 Å². The van der Waals surface area contributed by atoms with Crippen molar-refractivity contribution < 1.29 is 9.90 Å². The van der Waals surface area contributed by atoms with Crippen molar-refractivity contribution in [2.75, 3.05) is 31.2 Å². The van der Waals surface area contributed by atoms with Gasteiger partial charge < -0.3 is 16.2 Å². The van der Waals surface area contributed by atoms with E-state index >= 15 is 0 Å². The molecule has 1 aromatic carbocycles. The summed E-state index contributed by atoms with van der Waals surface area (Å²) >= 11 is 5.85. The lowest BCUT2D eigenvalue weighted by Crippen LogP contribution is -2.40. The lowest BCUT2D eigenvalue weighted by atomic mass is 10.2. The van der Waals surface area contributed by atoms with Crippen molar-refractivity contribution in [2.45, 2.75) is 32.2 Å². The first-order valence-electron chi connectivity index (χ1n) is 7.12. The fourth-order valence-corrected chi connectivity index (χ4v) is 2.03. The Bertz CT molecular complexity index is 468. The van der Waals surface area contributed by atoms with Gasteiger partial charge in [-0.1, -0.05) is 11.6 Å². The second kappa shape index (κ2) is 8.87. The Morgan fingerprint density at radius 3 is 2.76 bits per heavy atom. The molecule has 1 atom stereocenters. The number of nitrogens with one attached hydrogen (secondary N) is 1. The smallest absolute Gasteiger partial charge is 0.241 e. The quantitative estimate of drug-likeness (QED) is 0.508. The second-order valence-electron chi connectivity index (χ2n) is 5.17.